The molecule has 1 aliphatic carbocycles. The third-order valence-electron chi connectivity index (χ3n) is 3.44. The molecule has 0 spiro atoms. The molecule has 0 heterocycles. The lowest BCUT2D eigenvalue weighted by molar-refractivity contribution is 0.143. The maximum atomic E-state index is 12.9. The molecule has 1 atom stereocenters. The van der Waals surface area contributed by atoms with Gasteiger partial charge in [-0.2, -0.15) is 0 Å². The molecule has 88 valence electrons. The summed E-state index contributed by atoms with van der Waals surface area (Å²) < 4.78 is 12.9. The van der Waals surface area contributed by atoms with Crippen LogP contribution in [0.2, 0.25) is 0 Å². The van der Waals surface area contributed by atoms with E-state index in [0.717, 1.165) is 12.0 Å². The Morgan fingerprint density at radius 2 is 2.06 bits per heavy atom. The molecule has 1 aromatic rings. The monoisotopic (exact) mass is 222 g/mol. The van der Waals surface area contributed by atoms with Crippen molar-refractivity contribution >= 4 is 0 Å². The van der Waals surface area contributed by atoms with Gasteiger partial charge in [0.25, 0.3) is 0 Å². The number of aliphatic hydroxyl groups excluding tert-OH is 1. The van der Waals surface area contributed by atoms with Crippen molar-refractivity contribution in [2.75, 3.05) is 0 Å². The number of halogens is 1. The molecule has 2 heteroatoms. The first-order valence-electron chi connectivity index (χ1n) is 6.16. The second kappa shape index (κ2) is 5.44. The lowest BCUT2D eigenvalue weighted by atomic mass is 9.96. The van der Waals surface area contributed by atoms with Gasteiger partial charge in [-0.25, -0.2) is 4.39 Å². The van der Waals surface area contributed by atoms with Crippen LogP contribution in [0.4, 0.5) is 4.39 Å². The van der Waals surface area contributed by atoms with E-state index in [1.165, 1.54) is 37.8 Å². The van der Waals surface area contributed by atoms with Gasteiger partial charge in [-0.1, -0.05) is 37.8 Å². The van der Waals surface area contributed by atoms with Crippen molar-refractivity contribution in [3.8, 4) is 0 Å². The Kier molecular flexibility index (Phi) is 3.94. The highest BCUT2D eigenvalue weighted by molar-refractivity contribution is 5.17. The topological polar surface area (TPSA) is 20.2 Å². The van der Waals surface area contributed by atoms with Crippen molar-refractivity contribution in [1.82, 2.24) is 0 Å². The van der Waals surface area contributed by atoms with Crippen molar-refractivity contribution in [3.63, 3.8) is 0 Å². The molecule has 1 fully saturated rings. The summed E-state index contributed by atoms with van der Waals surface area (Å²) in [4.78, 5) is 0. The van der Waals surface area contributed by atoms with Crippen LogP contribution in [0, 0.1) is 11.7 Å². The fourth-order valence-electron chi connectivity index (χ4n) is 2.65. The fraction of sp³-hybridized carbons (Fsp3) is 0.571. The Morgan fingerprint density at radius 1 is 1.31 bits per heavy atom. The third-order valence-corrected chi connectivity index (χ3v) is 3.44. The zero-order chi connectivity index (χ0) is 11.4. The van der Waals surface area contributed by atoms with Crippen LogP contribution >= 0.6 is 0 Å². The first-order chi connectivity index (χ1) is 7.74. The molecule has 1 unspecified atom stereocenters. The molecule has 1 nitrogen and oxygen atoms in total. The Hall–Kier alpha value is -0.890. The van der Waals surface area contributed by atoms with Gasteiger partial charge in [0.1, 0.15) is 5.82 Å². The number of benzene rings is 1. The van der Waals surface area contributed by atoms with Crippen LogP contribution in [0.3, 0.4) is 0 Å². The van der Waals surface area contributed by atoms with Crippen LogP contribution in [-0.2, 0) is 6.42 Å². The Balaban J connectivity index is 1.84. The summed E-state index contributed by atoms with van der Waals surface area (Å²) in [5, 5.41) is 9.93. The Labute approximate surface area is 96.3 Å². The summed E-state index contributed by atoms with van der Waals surface area (Å²) in [6, 6.07) is 6.53. The SMILES string of the molecule is OC(Cc1cccc(F)c1)CC1CCCC1. The zero-order valence-electron chi connectivity index (χ0n) is 9.53. The number of hydrogen-bond donors (Lipinski definition) is 1. The van der Waals surface area contributed by atoms with Crippen LogP contribution < -0.4 is 0 Å². The maximum Gasteiger partial charge on any atom is 0.123 e. The zero-order valence-corrected chi connectivity index (χ0v) is 9.53. The fourth-order valence-corrected chi connectivity index (χ4v) is 2.65. The summed E-state index contributed by atoms with van der Waals surface area (Å²) in [5.74, 6) is 0.467. The molecule has 1 saturated carbocycles. The molecule has 0 amide bonds. The predicted octanol–water partition coefficient (Wildman–Crippen LogP) is 3.31. The van der Waals surface area contributed by atoms with Gasteiger partial charge in [-0.05, 0) is 36.5 Å². The van der Waals surface area contributed by atoms with Gasteiger partial charge in [-0.15, -0.1) is 0 Å². The minimum Gasteiger partial charge on any atom is -0.393 e. The van der Waals surface area contributed by atoms with E-state index in [2.05, 4.69) is 0 Å². The van der Waals surface area contributed by atoms with E-state index in [4.69, 9.17) is 0 Å². The van der Waals surface area contributed by atoms with Crippen LogP contribution in [-0.4, -0.2) is 11.2 Å². The minimum absolute atomic E-state index is 0.217. The quantitative estimate of drug-likeness (QED) is 0.828. The van der Waals surface area contributed by atoms with Crippen LogP contribution in [0.25, 0.3) is 0 Å². The average molecular weight is 222 g/mol. The molecule has 1 aromatic carbocycles. The highest BCUT2D eigenvalue weighted by Crippen LogP contribution is 2.29. The molecular formula is C14H19FO. The van der Waals surface area contributed by atoms with E-state index in [1.807, 2.05) is 6.07 Å². The van der Waals surface area contributed by atoms with Crippen LogP contribution in [0.5, 0.6) is 0 Å². The summed E-state index contributed by atoms with van der Waals surface area (Å²) in [6.45, 7) is 0. The Morgan fingerprint density at radius 3 is 2.75 bits per heavy atom. The highest BCUT2D eigenvalue weighted by Gasteiger charge is 2.18. The van der Waals surface area contributed by atoms with Gasteiger partial charge in [-0.3, -0.25) is 0 Å². The molecule has 2 rings (SSSR count). The standard InChI is InChI=1S/C14H19FO/c15-13-7-3-6-12(8-13)10-14(16)9-11-4-1-2-5-11/h3,6-8,11,14,16H,1-2,4-5,9-10H2. The van der Waals surface area contributed by atoms with E-state index in [1.54, 1.807) is 6.07 Å². The van der Waals surface area contributed by atoms with Gasteiger partial charge in [0.2, 0.25) is 0 Å². The van der Waals surface area contributed by atoms with Crippen LogP contribution in [0.1, 0.15) is 37.7 Å². The van der Waals surface area contributed by atoms with E-state index in [-0.39, 0.29) is 11.9 Å². The lowest BCUT2D eigenvalue weighted by Crippen LogP contribution is -2.14. The van der Waals surface area contributed by atoms with Crippen LogP contribution in [0.15, 0.2) is 24.3 Å². The third kappa shape index (κ3) is 3.31. The summed E-state index contributed by atoms with van der Waals surface area (Å²) in [5.41, 5.74) is 0.894. The first kappa shape index (κ1) is 11.6. The van der Waals surface area contributed by atoms with Crippen molar-refractivity contribution in [2.45, 2.75) is 44.6 Å². The number of aliphatic hydroxyl groups is 1. The van der Waals surface area contributed by atoms with Crippen molar-refractivity contribution in [1.29, 1.82) is 0 Å². The molecule has 16 heavy (non-hydrogen) atoms. The minimum atomic E-state index is -0.315. The van der Waals surface area contributed by atoms with E-state index in [0.29, 0.717) is 12.3 Å². The highest BCUT2D eigenvalue weighted by atomic mass is 19.1. The van der Waals surface area contributed by atoms with E-state index >= 15 is 0 Å². The van der Waals surface area contributed by atoms with Gasteiger partial charge in [0, 0.05) is 0 Å². The summed E-state index contributed by atoms with van der Waals surface area (Å²) in [7, 11) is 0. The number of hydrogen-bond acceptors (Lipinski definition) is 1. The number of rotatable bonds is 4. The Bertz CT molecular complexity index is 331. The van der Waals surface area contributed by atoms with Gasteiger partial charge in [0.05, 0.1) is 6.10 Å². The first-order valence-corrected chi connectivity index (χ1v) is 6.16. The van der Waals surface area contributed by atoms with Gasteiger partial charge < -0.3 is 5.11 Å². The van der Waals surface area contributed by atoms with Crippen molar-refractivity contribution < 1.29 is 9.50 Å². The second-order valence-electron chi connectivity index (χ2n) is 4.87. The molecule has 0 saturated heterocycles. The molecule has 1 N–H and O–H groups in total. The molecule has 0 aromatic heterocycles. The average Bonchev–Trinajstić information content (AvgIpc) is 2.70. The lowest BCUT2D eigenvalue weighted by Gasteiger charge is -2.15. The maximum absolute atomic E-state index is 12.9. The van der Waals surface area contributed by atoms with Crippen molar-refractivity contribution in [3.05, 3.63) is 35.6 Å². The van der Waals surface area contributed by atoms with Crippen molar-refractivity contribution in [2.24, 2.45) is 5.92 Å². The molecule has 0 radical (unpaired) electrons. The smallest absolute Gasteiger partial charge is 0.123 e. The molecule has 1 aliphatic rings. The van der Waals surface area contributed by atoms with E-state index in [9.17, 15) is 9.50 Å². The van der Waals surface area contributed by atoms with Gasteiger partial charge in [0.15, 0.2) is 0 Å². The molecular weight excluding hydrogens is 203 g/mol. The normalized spacial score (nSPS) is 18.9. The summed E-state index contributed by atoms with van der Waals surface area (Å²) >= 11 is 0. The van der Waals surface area contributed by atoms with Gasteiger partial charge >= 0.3 is 0 Å². The van der Waals surface area contributed by atoms with E-state index < -0.39 is 0 Å². The predicted molar refractivity (Wildman–Crippen MR) is 62.7 cm³/mol. The largest absolute Gasteiger partial charge is 0.393 e. The molecule has 0 aliphatic heterocycles. The summed E-state index contributed by atoms with van der Waals surface area (Å²) in [6.07, 6.45) is 6.24. The second-order valence-corrected chi connectivity index (χ2v) is 4.87. The molecule has 0 bridgehead atoms.